The van der Waals surface area contributed by atoms with Gasteiger partial charge >= 0.3 is 0 Å². The predicted octanol–water partition coefficient (Wildman–Crippen LogP) is 3.58. The fourth-order valence-corrected chi connectivity index (χ4v) is 3.52. The molecule has 0 radical (unpaired) electrons. The molecule has 6 heteroatoms. The van der Waals surface area contributed by atoms with Gasteiger partial charge in [0.25, 0.3) is 0 Å². The number of nitrogens with zero attached hydrogens (tertiary/aromatic N) is 2. The molecule has 0 unspecified atom stereocenters. The molecule has 2 aromatic rings. The summed E-state index contributed by atoms with van der Waals surface area (Å²) < 4.78 is 16.1. The van der Waals surface area contributed by atoms with Gasteiger partial charge in [0.2, 0.25) is 11.7 Å². The smallest absolute Gasteiger partial charge is 0.246 e. The molecule has 0 saturated carbocycles. The average molecular weight is 423 g/mol. The first-order valence-corrected chi connectivity index (χ1v) is 10.4. The Morgan fingerprint density at radius 3 is 2.10 bits per heavy atom. The van der Waals surface area contributed by atoms with Gasteiger partial charge in [0.05, 0.1) is 21.3 Å². The van der Waals surface area contributed by atoms with Gasteiger partial charge in [-0.25, -0.2) is 0 Å². The number of hydrogen-bond acceptors (Lipinski definition) is 5. The molecule has 1 aliphatic rings. The van der Waals surface area contributed by atoms with Gasteiger partial charge < -0.3 is 19.1 Å². The number of carbonyl (C=O) groups is 1. The molecule has 1 saturated heterocycles. The van der Waals surface area contributed by atoms with Crippen molar-refractivity contribution in [2.45, 2.75) is 0 Å². The molecule has 31 heavy (non-hydrogen) atoms. The highest BCUT2D eigenvalue weighted by Crippen LogP contribution is 2.38. The standard InChI is InChI=1S/C25H30N2O4/c1-29-22-18-21(19-23(30-2)25(22)31-3)11-12-24(28)27-16-14-26(15-17-27)13-7-10-20-8-5-4-6-9-20/h4-12,18-19H,13-17H2,1-3H3/b10-7+,12-11+. The lowest BCUT2D eigenvalue weighted by Crippen LogP contribution is -2.48. The van der Waals surface area contributed by atoms with Gasteiger partial charge in [-0.2, -0.15) is 0 Å². The fraction of sp³-hybridized carbons (Fsp3) is 0.320. The molecule has 1 aliphatic heterocycles. The topological polar surface area (TPSA) is 51.2 Å². The Hall–Kier alpha value is -3.25. The van der Waals surface area contributed by atoms with Crippen molar-refractivity contribution in [1.29, 1.82) is 0 Å². The maximum absolute atomic E-state index is 12.6. The van der Waals surface area contributed by atoms with Crippen molar-refractivity contribution in [3.05, 3.63) is 65.7 Å². The molecule has 164 valence electrons. The fourth-order valence-electron chi connectivity index (χ4n) is 3.52. The third kappa shape index (κ3) is 6.12. The molecule has 0 aliphatic carbocycles. The SMILES string of the molecule is COc1cc(/C=C/C(=O)N2CCN(C/C=C/c3ccccc3)CC2)cc(OC)c1OC. The van der Waals surface area contributed by atoms with Crippen molar-refractivity contribution in [2.75, 3.05) is 54.1 Å². The lowest BCUT2D eigenvalue weighted by molar-refractivity contribution is -0.127. The number of amides is 1. The quantitative estimate of drug-likeness (QED) is 0.609. The van der Waals surface area contributed by atoms with Gasteiger partial charge in [0.1, 0.15) is 0 Å². The summed E-state index contributed by atoms with van der Waals surface area (Å²) in [6, 6.07) is 13.9. The largest absolute Gasteiger partial charge is 0.493 e. The molecule has 1 heterocycles. The third-order valence-corrected chi connectivity index (χ3v) is 5.26. The van der Waals surface area contributed by atoms with Crippen molar-refractivity contribution in [3.63, 3.8) is 0 Å². The van der Waals surface area contributed by atoms with E-state index in [4.69, 9.17) is 14.2 Å². The lowest BCUT2D eigenvalue weighted by atomic mass is 10.1. The summed E-state index contributed by atoms with van der Waals surface area (Å²) in [5.74, 6) is 1.66. The highest BCUT2D eigenvalue weighted by molar-refractivity contribution is 5.92. The number of methoxy groups -OCH3 is 3. The maximum Gasteiger partial charge on any atom is 0.246 e. The van der Waals surface area contributed by atoms with E-state index in [1.54, 1.807) is 33.5 Å². The minimum atomic E-state index is 0.00762. The van der Waals surface area contributed by atoms with E-state index in [-0.39, 0.29) is 5.91 Å². The minimum Gasteiger partial charge on any atom is -0.493 e. The monoisotopic (exact) mass is 422 g/mol. The molecule has 0 spiro atoms. The van der Waals surface area contributed by atoms with E-state index >= 15 is 0 Å². The highest BCUT2D eigenvalue weighted by atomic mass is 16.5. The second kappa shape index (κ2) is 11.2. The van der Waals surface area contributed by atoms with Gasteiger partial charge in [-0.15, -0.1) is 0 Å². The van der Waals surface area contributed by atoms with E-state index < -0.39 is 0 Å². The van der Waals surface area contributed by atoms with Crippen LogP contribution in [0.3, 0.4) is 0 Å². The molecule has 0 N–H and O–H groups in total. The molecular weight excluding hydrogens is 392 g/mol. The van der Waals surface area contributed by atoms with E-state index in [0.717, 1.165) is 38.3 Å². The molecule has 1 amide bonds. The number of hydrogen-bond donors (Lipinski definition) is 0. The number of rotatable bonds is 8. The van der Waals surface area contributed by atoms with Crippen LogP contribution in [0, 0.1) is 0 Å². The highest BCUT2D eigenvalue weighted by Gasteiger charge is 2.19. The summed E-state index contributed by atoms with van der Waals surface area (Å²) in [6.07, 6.45) is 7.70. The van der Waals surface area contributed by atoms with Crippen molar-refractivity contribution < 1.29 is 19.0 Å². The molecule has 0 aromatic heterocycles. The van der Waals surface area contributed by atoms with Gasteiger partial charge in [0, 0.05) is 38.8 Å². The summed E-state index contributed by atoms with van der Waals surface area (Å²) in [4.78, 5) is 16.9. The van der Waals surface area contributed by atoms with E-state index in [9.17, 15) is 4.79 Å². The molecule has 3 rings (SSSR count). The molecule has 2 aromatic carbocycles. The zero-order valence-electron chi connectivity index (χ0n) is 18.4. The maximum atomic E-state index is 12.6. The Bertz CT molecular complexity index is 891. The van der Waals surface area contributed by atoms with E-state index in [2.05, 4.69) is 29.2 Å². The van der Waals surface area contributed by atoms with Crippen LogP contribution < -0.4 is 14.2 Å². The Kier molecular flexibility index (Phi) is 8.12. The third-order valence-electron chi connectivity index (χ3n) is 5.26. The Morgan fingerprint density at radius 2 is 1.52 bits per heavy atom. The summed E-state index contributed by atoms with van der Waals surface area (Å²) in [5.41, 5.74) is 2.01. The van der Waals surface area contributed by atoms with Crippen molar-refractivity contribution in [2.24, 2.45) is 0 Å². The van der Waals surface area contributed by atoms with E-state index in [1.807, 2.05) is 35.2 Å². The first-order chi connectivity index (χ1) is 15.1. The molecule has 1 fully saturated rings. The van der Waals surface area contributed by atoms with Gasteiger partial charge in [-0.3, -0.25) is 9.69 Å². The van der Waals surface area contributed by atoms with Crippen LogP contribution >= 0.6 is 0 Å². The number of ether oxygens (including phenoxy) is 3. The van der Waals surface area contributed by atoms with Crippen LogP contribution in [0.1, 0.15) is 11.1 Å². The summed E-state index contributed by atoms with van der Waals surface area (Å²) in [6.45, 7) is 4.05. The second-order valence-corrected chi connectivity index (χ2v) is 7.23. The minimum absolute atomic E-state index is 0.00762. The van der Waals surface area contributed by atoms with Gasteiger partial charge in [-0.05, 0) is 29.3 Å². The van der Waals surface area contributed by atoms with Crippen molar-refractivity contribution in [1.82, 2.24) is 9.80 Å². The molecule has 6 nitrogen and oxygen atoms in total. The Balaban J connectivity index is 1.53. The Labute approximate surface area is 184 Å². The molecule has 0 atom stereocenters. The van der Waals surface area contributed by atoms with Crippen LogP contribution in [-0.2, 0) is 4.79 Å². The molecule has 0 bridgehead atoms. The lowest BCUT2D eigenvalue weighted by Gasteiger charge is -2.33. The van der Waals surface area contributed by atoms with Gasteiger partial charge in [0.15, 0.2) is 11.5 Å². The normalized spacial score (nSPS) is 14.9. The van der Waals surface area contributed by atoms with Crippen LogP contribution in [0.5, 0.6) is 17.2 Å². The number of benzene rings is 2. The second-order valence-electron chi connectivity index (χ2n) is 7.23. The average Bonchev–Trinajstić information content (AvgIpc) is 2.82. The van der Waals surface area contributed by atoms with Crippen LogP contribution in [0.4, 0.5) is 0 Å². The first kappa shape index (κ1) is 22.4. The van der Waals surface area contributed by atoms with Crippen molar-refractivity contribution >= 4 is 18.1 Å². The predicted molar refractivity (Wildman–Crippen MR) is 124 cm³/mol. The summed E-state index contributed by atoms with van der Waals surface area (Å²) in [7, 11) is 4.71. The Morgan fingerprint density at radius 1 is 0.871 bits per heavy atom. The summed E-state index contributed by atoms with van der Waals surface area (Å²) >= 11 is 0. The van der Waals surface area contributed by atoms with Crippen molar-refractivity contribution in [3.8, 4) is 17.2 Å². The molecular formula is C25H30N2O4. The van der Waals surface area contributed by atoms with Gasteiger partial charge in [-0.1, -0.05) is 42.5 Å². The number of carbonyl (C=O) groups excluding carboxylic acids is 1. The van der Waals surface area contributed by atoms with E-state index in [1.165, 1.54) is 5.56 Å². The van der Waals surface area contributed by atoms with Crippen LogP contribution in [0.2, 0.25) is 0 Å². The zero-order chi connectivity index (χ0) is 22.1. The van der Waals surface area contributed by atoms with Crippen LogP contribution in [0.15, 0.2) is 54.6 Å². The summed E-state index contributed by atoms with van der Waals surface area (Å²) in [5, 5.41) is 0. The number of piperazine rings is 1. The zero-order valence-corrected chi connectivity index (χ0v) is 18.4. The van der Waals surface area contributed by atoms with Crippen LogP contribution in [-0.4, -0.2) is 69.8 Å². The first-order valence-electron chi connectivity index (χ1n) is 10.4. The van der Waals surface area contributed by atoms with E-state index in [0.29, 0.717) is 17.2 Å². The van der Waals surface area contributed by atoms with Crippen LogP contribution in [0.25, 0.3) is 12.2 Å².